The molecule has 1 aromatic rings. The van der Waals surface area contributed by atoms with E-state index >= 15 is 0 Å². The fourth-order valence-electron chi connectivity index (χ4n) is 2.90. The van der Waals surface area contributed by atoms with E-state index < -0.39 is 0 Å². The van der Waals surface area contributed by atoms with Crippen LogP contribution in [0.3, 0.4) is 0 Å². The summed E-state index contributed by atoms with van der Waals surface area (Å²) in [6.07, 6.45) is 3.79. The Bertz CT molecular complexity index is 508. The van der Waals surface area contributed by atoms with Gasteiger partial charge in [-0.3, -0.25) is 4.90 Å². The Balaban J connectivity index is 2.09. The lowest BCUT2D eigenvalue weighted by molar-refractivity contribution is 0.109. The summed E-state index contributed by atoms with van der Waals surface area (Å²) in [6.45, 7) is 7.89. The van der Waals surface area contributed by atoms with Crippen molar-refractivity contribution in [2.75, 3.05) is 20.2 Å². The van der Waals surface area contributed by atoms with Crippen LogP contribution in [0.2, 0.25) is 0 Å². The van der Waals surface area contributed by atoms with E-state index in [1.165, 1.54) is 24.8 Å². The molecule has 2 rings (SSSR count). The van der Waals surface area contributed by atoms with Gasteiger partial charge in [-0.1, -0.05) is 32.5 Å². The molecule has 0 aromatic heterocycles. The van der Waals surface area contributed by atoms with Crippen LogP contribution in [0.4, 0.5) is 0 Å². The molecule has 116 valence electrons. The molecule has 0 radical (unpaired) electrons. The van der Waals surface area contributed by atoms with Crippen molar-refractivity contribution in [2.24, 2.45) is 11.1 Å². The van der Waals surface area contributed by atoms with Crippen molar-refractivity contribution in [1.29, 1.82) is 0 Å². The van der Waals surface area contributed by atoms with Gasteiger partial charge in [0, 0.05) is 17.7 Å². The molecule has 0 atom stereocenters. The fourth-order valence-corrected chi connectivity index (χ4v) is 3.03. The van der Waals surface area contributed by atoms with Gasteiger partial charge in [0.2, 0.25) is 0 Å². The molecular weight excluding hydrogens is 280 g/mol. The first kappa shape index (κ1) is 16.2. The van der Waals surface area contributed by atoms with Gasteiger partial charge in [-0.15, -0.1) is 0 Å². The number of hydrogen-bond acceptors (Lipinski definition) is 3. The molecule has 1 saturated heterocycles. The van der Waals surface area contributed by atoms with Gasteiger partial charge in [0.25, 0.3) is 0 Å². The largest absolute Gasteiger partial charge is 0.496 e. The second kappa shape index (κ2) is 6.75. The predicted molar refractivity (Wildman–Crippen MR) is 91.8 cm³/mol. The average molecular weight is 306 g/mol. The molecule has 0 aliphatic carbocycles. The van der Waals surface area contributed by atoms with Crippen LogP contribution in [0.5, 0.6) is 5.75 Å². The Morgan fingerprint density at radius 2 is 2.05 bits per heavy atom. The first-order valence-corrected chi connectivity index (χ1v) is 8.07. The number of likely N-dealkylation sites (tertiary alicyclic amines) is 1. The molecule has 1 aliphatic heterocycles. The van der Waals surface area contributed by atoms with Crippen molar-refractivity contribution in [3.05, 3.63) is 29.3 Å². The SMILES string of the molecule is CCC1(C)CCN(Cc2cc(C(N)=S)ccc2OC)CC1. The number of thiocarbonyl (C=S) groups is 1. The monoisotopic (exact) mass is 306 g/mol. The van der Waals surface area contributed by atoms with Crippen LogP contribution in [0.15, 0.2) is 18.2 Å². The lowest BCUT2D eigenvalue weighted by Crippen LogP contribution is -2.38. The van der Waals surface area contributed by atoms with Gasteiger partial charge in [0.05, 0.1) is 7.11 Å². The Morgan fingerprint density at radius 3 is 2.57 bits per heavy atom. The van der Waals surface area contributed by atoms with E-state index in [9.17, 15) is 0 Å². The quantitative estimate of drug-likeness (QED) is 0.847. The average Bonchev–Trinajstić information content (AvgIpc) is 2.49. The van der Waals surface area contributed by atoms with Gasteiger partial charge < -0.3 is 10.5 Å². The summed E-state index contributed by atoms with van der Waals surface area (Å²) in [4.78, 5) is 2.94. The van der Waals surface area contributed by atoms with E-state index in [2.05, 4.69) is 24.8 Å². The minimum absolute atomic E-state index is 0.441. The van der Waals surface area contributed by atoms with Crippen molar-refractivity contribution < 1.29 is 4.74 Å². The third-order valence-corrected chi connectivity index (χ3v) is 5.11. The summed E-state index contributed by atoms with van der Waals surface area (Å²) in [5, 5.41) is 0. The number of nitrogens with two attached hydrogens (primary N) is 1. The molecule has 3 nitrogen and oxygen atoms in total. The van der Waals surface area contributed by atoms with E-state index in [0.29, 0.717) is 10.4 Å². The van der Waals surface area contributed by atoms with E-state index in [-0.39, 0.29) is 0 Å². The van der Waals surface area contributed by atoms with Gasteiger partial charge >= 0.3 is 0 Å². The van der Waals surface area contributed by atoms with Gasteiger partial charge in [-0.25, -0.2) is 0 Å². The van der Waals surface area contributed by atoms with Crippen molar-refractivity contribution in [1.82, 2.24) is 4.90 Å². The second-order valence-electron chi connectivity index (χ2n) is 6.33. The number of ether oxygens (including phenoxy) is 1. The molecule has 0 unspecified atom stereocenters. The van der Waals surface area contributed by atoms with Crippen LogP contribution in [-0.4, -0.2) is 30.1 Å². The van der Waals surface area contributed by atoms with E-state index in [4.69, 9.17) is 22.7 Å². The maximum Gasteiger partial charge on any atom is 0.123 e. The maximum atomic E-state index is 5.74. The summed E-state index contributed by atoms with van der Waals surface area (Å²) in [5.41, 5.74) is 8.34. The lowest BCUT2D eigenvalue weighted by Gasteiger charge is -2.39. The number of piperidine rings is 1. The van der Waals surface area contributed by atoms with E-state index in [1.807, 2.05) is 12.1 Å². The minimum atomic E-state index is 0.441. The molecule has 4 heteroatoms. The molecule has 1 aromatic carbocycles. The molecule has 1 heterocycles. The van der Waals surface area contributed by atoms with Crippen molar-refractivity contribution in [3.63, 3.8) is 0 Å². The molecule has 0 bridgehead atoms. The number of hydrogen-bond donors (Lipinski definition) is 1. The highest BCUT2D eigenvalue weighted by molar-refractivity contribution is 7.80. The first-order chi connectivity index (χ1) is 9.97. The van der Waals surface area contributed by atoms with Crippen LogP contribution in [-0.2, 0) is 6.54 Å². The number of nitrogens with zero attached hydrogens (tertiary/aromatic N) is 1. The van der Waals surface area contributed by atoms with E-state index in [1.54, 1.807) is 7.11 Å². The Morgan fingerprint density at radius 1 is 1.38 bits per heavy atom. The molecule has 1 fully saturated rings. The Labute approximate surface area is 133 Å². The number of benzene rings is 1. The summed E-state index contributed by atoms with van der Waals surface area (Å²) in [7, 11) is 1.71. The molecule has 0 amide bonds. The Kier molecular flexibility index (Phi) is 5.22. The van der Waals surface area contributed by atoms with Crippen LogP contribution < -0.4 is 10.5 Å². The molecule has 2 N–H and O–H groups in total. The zero-order chi connectivity index (χ0) is 15.5. The molecule has 0 spiro atoms. The van der Waals surface area contributed by atoms with Crippen LogP contribution in [0.1, 0.15) is 44.2 Å². The zero-order valence-electron chi connectivity index (χ0n) is 13.3. The summed E-state index contributed by atoms with van der Waals surface area (Å²) < 4.78 is 5.47. The summed E-state index contributed by atoms with van der Waals surface area (Å²) in [5.74, 6) is 0.916. The minimum Gasteiger partial charge on any atom is -0.496 e. The van der Waals surface area contributed by atoms with Crippen LogP contribution in [0.25, 0.3) is 0 Å². The normalized spacial score (nSPS) is 18.4. The third-order valence-electron chi connectivity index (χ3n) is 4.88. The summed E-state index contributed by atoms with van der Waals surface area (Å²) in [6, 6.07) is 5.95. The lowest BCUT2D eigenvalue weighted by atomic mass is 9.78. The second-order valence-corrected chi connectivity index (χ2v) is 6.77. The molecule has 21 heavy (non-hydrogen) atoms. The van der Waals surface area contributed by atoms with Crippen molar-refractivity contribution >= 4 is 17.2 Å². The van der Waals surface area contributed by atoms with Gasteiger partial charge in [-0.2, -0.15) is 0 Å². The molecular formula is C17H26N2OS. The van der Waals surface area contributed by atoms with Gasteiger partial charge in [0.15, 0.2) is 0 Å². The molecule has 0 saturated carbocycles. The van der Waals surface area contributed by atoms with Gasteiger partial charge in [-0.05, 0) is 49.5 Å². The van der Waals surface area contributed by atoms with Crippen LogP contribution in [0, 0.1) is 5.41 Å². The highest BCUT2D eigenvalue weighted by Crippen LogP contribution is 2.35. The molecule has 1 aliphatic rings. The standard InChI is InChI=1S/C17H26N2OS/c1-4-17(2)7-9-19(10-8-17)12-14-11-13(16(18)21)5-6-15(14)20-3/h5-6,11H,4,7-10,12H2,1-3H3,(H2,18,21). The van der Waals surface area contributed by atoms with Crippen molar-refractivity contribution in [3.8, 4) is 5.75 Å². The fraction of sp³-hybridized carbons (Fsp3) is 0.588. The highest BCUT2D eigenvalue weighted by Gasteiger charge is 2.28. The third kappa shape index (κ3) is 3.95. The number of methoxy groups -OCH3 is 1. The van der Waals surface area contributed by atoms with Gasteiger partial charge in [0.1, 0.15) is 10.7 Å². The smallest absolute Gasteiger partial charge is 0.123 e. The Hall–Kier alpha value is -1.13. The van der Waals surface area contributed by atoms with Crippen molar-refractivity contribution in [2.45, 2.75) is 39.7 Å². The number of rotatable bonds is 5. The zero-order valence-corrected chi connectivity index (χ0v) is 14.1. The summed E-state index contributed by atoms with van der Waals surface area (Å²) >= 11 is 5.07. The van der Waals surface area contributed by atoms with E-state index in [0.717, 1.165) is 30.9 Å². The van der Waals surface area contributed by atoms with Crippen LogP contribution >= 0.6 is 12.2 Å². The first-order valence-electron chi connectivity index (χ1n) is 7.66. The highest BCUT2D eigenvalue weighted by atomic mass is 32.1. The topological polar surface area (TPSA) is 38.5 Å². The predicted octanol–water partition coefficient (Wildman–Crippen LogP) is 3.34. The maximum absolute atomic E-state index is 5.74.